The van der Waals surface area contributed by atoms with Gasteiger partial charge >= 0.3 is 0 Å². The Bertz CT molecular complexity index is 603. The summed E-state index contributed by atoms with van der Waals surface area (Å²) in [5, 5.41) is 0. The molecule has 2 N–H and O–H groups in total. The second-order valence-electron chi connectivity index (χ2n) is 5.07. The molecule has 0 heterocycles. The third-order valence-electron chi connectivity index (χ3n) is 3.22. The van der Waals surface area contributed by atoms with E-state index < -0.39 is 5.91 Å². The number of hydrogen-bond donors (Lipinski definition) is 1. The molecule has 1 amide bonds. The number of rotatable bonds is 6. The molecule has 0 unspecified atom stereocenters. The Labute approximate surface area is 125 Å². The number of nitrogens with zero attached hydrogens (tertiary/aromatic N) is 1. The van der Waals surface area contributed by atoms with Crippen molar-refractivity contribution >= 4 is 12.0 Å². The average molecular weight is 280 g/mol. The van der Waals surface area contributed by atoms with Crippen molar-refractivity contribution in [1.29, 1.82) is 0 Å². The SMILES string of the molecule is CN(C/C=C/c1ccc(C(N)=O)cc1)Cc1ccccc1. The van der Waals surface area contributed by atoms with Crippen LogP contribution in [0, 0.1) is 0 Å². The van der Waals surface area contributed by atoms with E-state index >= 15 is 0 Å². The minimum atomic E-state index is -0.395. The number of nitrogens with two attached hydrogens (primary N) is 1. The van der Waals surface area contributed by atoms with E-state index in [1.807, 2.05) is 24.3 Å². The summed E-state index contributed by atoms with van der Waals surface area (Å²) in [5.41, 5.74) is 8.12. The van der Waals surface area contributed by atoms with E-state index in [0.717, 1.165) is 18.7 Å². The number of likely N-dealkylation sites (N-methyl/N-ethyl adjacent to an activating group) is 1. The van der Waals surface area contributed by atoms with E-state index in [1.54, 1.807) is 12.1 Å². The van der Waals surface area contributed by atoms with Gasteiger partial charge in [0.2, 0.25) is 5.91 Å². The highest BCUT2D eigenvalue weighted by Gasteiger charge is 1.99. The zero-order valence-corrected chi connectivity index (χ0v) is 12.2. The van der Waals surface area contributed by atoms with Gasteiger partial charge in [0, 0.05) is 18.7 Å². The predicted octanol–water partition coefficient (Wildman–Crippen LogP) is 2.93. The van der Waals surface area contributed by atoms with Crippen LogP contribution in [0.3, 0.4) is 0 Å². The Morgan fingerprint density at radius 1 is 1.10 bits per heavy atom. The van der Waals surface area contributed by atoms with Gasteiger partial charge in [-0.15, -0.1) is 0 Å². The van der Waals surface area contributed by atoms with Gasteiger partial charge in [-0.05, 0) is 30.3 Å². The van der Waals surface area contributed by atoms with Crippen molar-refractivity contribution in [3.8, 4) is 0 Å². The molecule has 2 aromatic rings. The van der Waals surface area contributed by atoms with Crippen LogP contribution in [0.25, 0.3) is 6.08 Å². The summed E-state index contributed by atoms with van der Waals surface area (Å²) in [7, 11) is 2.09. The van der Waals surface area contributed by atoms with E-state index in [2.05, 4.69) is 42.3 Å². The molecule has 0 radical (unpaired) electrons. The van der Waals surface area contributed by atoms with Crippen LogP contribution in [-0.2, 0) is 6.54 Å². The molecule has 2 rings (SSSR count). The highest BCUT2D eigenvalue weighted by Crippen LogP contribution is 2.07. The summed E-state index contributed by atoms with van der Waals surface area (Å²) >= 11 is 0. The van der Waals surface area contributed by atoms with Gasteiger partial charge in [0.15, 0.2) is 0 Å². The minimum Gasteiger partial charge on any atom is -0.366 e. The molecular formula is C18H20N2O. The van der Waals surface area contributed by atoms with Crippen LogP contribution in [0.5, 0.6) is 0 Å². The van der Waals surface area contributed by atoms with Gasteiger partial charge in [-0.2, -0.15) is 0 Å². The van der Waals surface area contributed by atoms with Crippen LogP contribution >= 0.6 is 0 Å². The molecule has 0 aliphatic rings. The van der Waals surface area contributed by atoms with Crippen molar-refractivity contribution in [3.05, 3.63) is 77.4 Å². The van der Waals surface area contributed by atoms with Gasteiger partial charge in [0.1, 0.15) is 0 Å². The number of benzene rings is 2. The van der Waals surface area contributed by atoms with Crippen molar-refractivity contribution < 1.29 is 4.79 Å². The van der Waals surface area contributed by atoms with Crippen LogP contribution < -0.4 is 5.73 Å². The van der Waals surface area contributed by atoms with Crippen LogP contribution in [0.2, 0.25) is 0 Å². The first kappa shape index (κ1) is 15.0. The Morgan fingerprint density at radius 2 is 1.76 bits per heavy atom. The number of carbonyl (C=O) groups is 1. The average Bonchev–Trinajstić information content (AvgIpc) is 2.49. The van der Waals surface area contributed by atoms with Crippen LogP contribution in [0.1, 0.15) is 21.5 Å². The third kappa shape index (κ3) is 4.89. The topological polar surface area (TPSA) is 46.3 Å². The second kappa shape index (κ2) is 7.41. The molecule has 0 aliphatic heterocycles. The van der Waals surface area contributed by atoms with Crippen LogP contribution in [0.15, 0.2) is 60.7 Å². The molecule has 0 bridgehead atoms. The van der Waals surface area contributed by atoms with E-state index in [9.17, 15) is 4.79 Å². The lowest BCUT2D eigenvalue weighted by atomic mass is 10.1. The molecule has 0 spiro atoms. The van der Waals surface area contributed by atoms with Gasteiger partial charge in [0.05, 0.1) is 0 Å². The predicted molar refractivity (Wildman–Crippen MR) is 86.8 cm³/mol. The maximum atomic E-state index is 11.0. The summed E-state index contributed by atoms with van der Waals surface area (Å²) in [5.74, 6) is -0.395. The third-order valence-corrected chi connectivity index (χ3v) is 3.22. The van der Waals surface area contributed by atoms with E-state index in [1.165, 1.54) is 5.56 Å². The maximum absolute atomic E-state index is 11.0. The number of hydrogen-bond acceptors (Lipinski definition) is 2. The highest BCUT2D eigenvalue weighted by molar-refractivity contribution is 5.92. The zero-order valence-electron chi connectivity index (χ0n) is 12.2. The van der Waals surface area contributed by atoms with Gasteiger partial charge < -0.3 is 5.73 Å². The largest absolute Gasteiger partial charge is 0.366 e. The van der Waals surface area contributed by atoms with E-state index in [-0.39, 0.29) is 0 Å². The lowest BCUT2D eigenvalue weighted by Crippen LogP contribution is -2.17. The molecule has 3 nitrogen and oxygen atoms in total. The Hall–Kier alpha value is -2.39. The maximum Gasteiger partial charge on any atom is 0.248 e. The highest BCUT2D eigenvalue weighted by atomic mass is 16.1. The van der Waals surface area contributed by atoms with Gasteiger partial charge in [-0.3, -0.25) is 9.69 Å². The fourth-order valence-corrected chi connectivity index (χ4v) is 2.09. The summed E-state index contributed by atoms with van der Waals surface area (Å²) in [6.45, 7) is 1.79. The molecule has 21 heavy (non-hydrogen) atoms. The molecule has 2 aromatic carbocycles. The first-order chi connectivity index (χ1) is 10.1. The molecule has 0 saturated heterocycles. The first-order valence-electron chi connectivity index (χ1n) is 6.94. The second-order valence-corrected chi connectivity index (χ2v) is 5.07. The van der Waals surface area contributed by atoms with Gasteiger partial charge in [0.25, 0.3) is 0 Å². The van der Waals surface area contributed by atoms with Crippen LogP contribution in [-0.4, -0.2) is 24.4 Å². The molecule has 0 aromatic heterocycles. The molecular weight excluding hydrogens is 260 g/mol. The summed E-state index contributed by atoms with van der Waals surface area (Å²) in [4.78, 5) is 13.2. The molecule has 108 valence electrons. The minimum absolute atomic E-state index is 0.395. The van der Waals surface area contributed by atoms with Crippen molar-refractivity contribution in [3.63, 3.8) is 0 Å². The quantitative estimate of drug-likeness (QED) is 0.884. The fourth-order valence-electron chi connectivity index (χ4n) is 2.09. The summed E-state index contributed by atoms with van der Waals surface area (Å²) < 4.78 is 0. The van der Waals surface area contributed by atoms with Crippen molar-refractivity contribution in [2.45, 2.75) is 6.54 Å². The number of carbonyl (C=O) groups excluding carboxylic acids is 1. The van der Waals surface area contributed by atoms with Crippen molar-refractivity contribution in [2.24, 2.45) is 5.73 Å². The molecule has 0 atom stereocenters. The lowest BCUT2D eigenvalue weighted by Gasteiger charge is -2.14. The van der Waals surface area contributed by atoms with Crippen LogP contribution in [0.4, 0.5) is 0 Å². The molecule has 0 aliphatic carbocycles. The lowest BCUT2D eigenvalue weighted by molar-refractivity contribution is 0.100. The van der Waals surface area contributed by atoms with Gasteiger partial charge in [-0.1, -0.05) is 54.6 Å². The van der Waals surface area contributed by atoms with Gasteiger partial charge in [-0.25, -0.2) is 0 Å². The number of amides is 1. The fraction of sp³-hybridized carbons (Fsp3) is 0.167. The molecule has 0 saturated carbocycles. The summed E-state index contributed by atoms with van der Waals surface area (Å²) in [6, 6.07) is 17.7. The first-order valence-corrected chi connectivity index (χ1v) is 6.94. The molecule has 0 fully saturated rings. The van der Waals surface area contributed by atoms with Crippen molar-refractivity contribution in [1.82, 2.24) is 4.90 Å². The summed E-state index contributed by atoms with van der Waals surface area (Å²) in [6.07, 6.45) is 4.16. The Morgan fingerprint density at radius 3 is 2.38 bits per heavy atom. The van der Waals surface area contributed by atoms with E-state index in [0.29, 0.717) is 5.56 Å². The normalized spacial score (nSPS) is 11.1. The Kier molecular flexibility index (Phi) is 5.29. The Balaban J connectivity index is 1.85. The zero-order chi connectivity index (χ0) is 15.1. The monoisotopic (exact) mass is 280 g/mol. The molecule has 3 heteroatoms. The number of primary amides is 1. The standard InChI is InChI=1S/C18H20N2O/c1-20(14-16-6-3-2-4-7-16)13-5-8-15-9-11-17(12-10-15)18(19)21/h2-12H,13-14H2,1H3,(H2,19,21)/b8-5+. The van der Waals surface area contributed by atoms with E-state index in [4.69, 9.17) is 5.73 Å². The smallest absolute Gasteiger partial charge is 0.248 e. The van der Waals surface area contributed by atoms with Crippen molar-refractivity contribution in [2.75, 3.05) is 13.6 Å².